The fourth-order valence-electron chi connectivity index (χ4n) is 4.76. The van der Waals surface area contributed by atoms with Crippen LogP contribution in [0.25, 0.3) is 43.7 Å². The molecule has 0 radical (unpaired) electrons. The first-order chi connectivity index (χ1) is 22.0. The number of carbonyl (C=O) groups is 2. The van der Waals surface area contributed by atoms with E-state index in [1.807, 2.05) is 26.2 Å². The average Bonchev–Trinajstić information content (AvgIpc) is 3.55. The minimum Gasteiger partial charge on any atom is -0.493 e. The summed E-state index contributed by atoms with van der Waals surface area (Å²) in [6.45, 7) is 3.59. The Bertz CT molecular complexity index is 1770. The second kappa shape index (κ2) is 15.1. The van der Waals surface area contributed by atoms with Crippen LogP contribution in [0.3, 0.4) is 0 Å². The number of thiophene rings is 1. The van der Waals surface area contributed by atoms with Gasteiger partial charge in [-0.2, -0.15) is 0 Å². The molecule has 0 fully saturated rings. The predicted molar refractivity (Wildman–Crippen MR) is 177 cm³/mol. The van der Waals surface area contributed by atoms with Crippen molar-refractivity contribution < 1.29 is 23.8 Å². The summed E-state index contributed by atoms with van der Waals surface area (Å²) in [6.07, 6.45) is 7.82. The van der Waals surface area contributed by atoms with Gasteiger partial charge in [-0.15, -0.1) is 11.3 Å². The molecule has 4 heterocycles. The normalized spacial score (nSPS) is 10.7. The number of unbranched alkanes of at least 4 members (excludes halogenated alkanes) is 3. The standard InChI is InChI=1S/C35H34N4O5S/c1-4-5-6-7-16-42-33-18-25(39(2)3)8-9-28(33)35-11-10-34(45-35)24-12-14-36-29(17-24)31-20-27(44-23-41)21-32(38-31)30-19-26(43-22-40)13-15-37-30/h8-15,17-23H,4-7,16H2,1-3H3. The molecule has 230 valence electrons. The van der Waals surface area contributed by atoms with Crippen LogP contribution in [-0.2, 0) is 9.59 Å². The van der Waals surface area contributed by atoms with E-state index in [-0.39, 0.29) is 5.75 Å². The molecule has 5 rings (SSSR count). The lowest BCUT2D eigenvalue weighted by atomic mass is 10.1. The molecule has 0 aliphatic rings. The van der Waals surface area contributed by atoms with Gasteiger partial charge < -0.3 is 19.1 Å². The maximum atomic E-state index is 11.2. The fraction of sp³-hybridized carbons (Fsp3) is 0.229. The van der Waals surface area contributed by atoms with Crippen molar-refractivity contribution in [2.75, 3.05) is 25.6 Å². The van der Waals surface area contributed by atoms with Crippen LogP contribution in [0.15, 0.2) is 79.1 Å². The highest BCUT2D eigenvalue weighted by atomic mass is 32.1. The number of pyridine rings is 3. The van der Waals surface area contributed by atoms with Gasteiger partial charge in [0, 0.05) is 71.8 Å². The maximum Gasteiger partial charge on any atom is 0.298 e. The Kier molecular flexibility index (Phi) is 10.5. The van der Waals surface area contributed by atoms with Crippen molar-refractivity contribution in [1.82, 2.24) is 15.0 Å². The smallest absolute Gasteiger partial charge is 0.298 e. The van der Waals surface area contributed by atoms with E-state index >= 15 is 0 Å². The number of hydrogen-bond donors (Lipinski definition) is 0. The lowest BCUT2D eigenvalue weighted by Gasteiger charge is -2.17. The molecule has 0 bridgehead atoms. The van der Waals surface area contributed by atoms with Crippen LogP contribution < -0.4 is 19.1 Å². The Morgan fingerprint density at radius 1 is 0.733 bits per heavy atom. The molecule has 0 saturated carbocycles. The van der Waals surface area contributed by atoms with Gasteiger partial charge in [0.05, 0.1) is 29.4 Å². The molecule has 0 unspecified atom stereocenters. The van der Waals surface area contributed by atoms with Gasteiger partial charge in [0.25, 0.3) is 12.9 Å². The average molecular weight is 623 g/mol. The third kappa shape index (κ3) is 7.90. The molecule has 0 aliphatic heterocycles. The van der Waals surface area contributed by atoms with Crippen LogP contribution in [-0.4, -0.2) is 48.6 Å². The number of ether oxygens (including phenoxy) is 3. The summed E-state index contributed by atoms with van der Waals surface area (Å²) in [6, 6.07) is 20.8. The van der Waals surface area contributed by atoms with Gasteiger partial charge in [0.15, 0.2) is 0 Å². The molecule has 0 amide bonds. The van der Waals surface area contributed by atoms with E-state index in [4.69, 9.17) is 19.2 Å². The number of anilines is 1. The summed E-state index contributed by atoms with van der Waals surface area (Å²) in [4.78, 5) is 39.9. The molecule has 0 saturated heterocycles. The Morgan fingerprint density at radius 2 is 1.42 bits per heavy atom. The molecular weight excluding hydrogens is 588 g/mol. The highest BCUT2D eigenvalue weighted by molar-refractivity contribution is 7.18. The van der Waals surface area contributed by atoms with Crippen molar-refractivity contribution in [2.45, 2.75) is 32.6 Å². The van der Waals surface area contributed by atoms with Gasteiger partial charge in [-0.25, -0.2) is 4.98 Å². The maximum absolute atomic E-state index is 11.2. The largest absolute Gasteiger partial charge is 0.493 e. The summed E-state index contributed by atoms with van der Waals surface area (Å²) in [5.74, 6) is 1.47. The van der Waals surface area contributed by atoms with Crippen LogP contribution in [0.1, 0.15) is 32.6 Å². The lowest BCUT2D eigenvalue weighted by molar-refractivity contribution is -0.121. The van der Waals surface area contributed by atoms with E-state index in [0.717, 1.165) is 45.2 Å². The second-order valence-electron chi connectivity index (χ2n) is 10.5. The predicted octanol–water partition coefficient (Wildman–Crippen LogP) is 7.70. The number of carbonyl (C=O) groups excluding carboxylic acids is 2. The Hall–Kier alpha value is -5.09. The van der Waals surface area contributed by atoms with Gasteiger partial charge in [0.1, 0.15) is 17.2 Å². The Balaban J connectivity index is 1.46. The minimum absolute atomic E-state index is 0.280. The molecular formula is C35H34N4O5S. The van der Waals surface area contributed by atoms with Gasteiger partial charge in [-0.1, -0.05) is 26.2 Å². The molecule has 5 aromatic rings. The van der Waals surface area contributed by atoms with Crippen LogP contribution in [0, 0.1) is 0 Å². The van der Waals surface area contributed by atoms with E-state index in [1.165, 1.54) is 19.0 Å². The van der Waals surface area contributed by atoms with Crippen LogP contribution in [0.2, 0.25) is 0 Å². The van der Waals surface area contributed by atoms with Crippen molar-refractivity contribution in [3.05, 3.63) is 79.1 Å². The SMILES string of the molecule is CCCCCCOc1cc(N(C)C)ccc1-c1ccc(-c2ccnc(-c3cc(OC=O)cc(-c4cc(OC=O)ccn4)n3)c2)s1. The van der Waals surface area contributed by atoms with Crippen molar-refractivity contribution in [3.8, 4) is 60.9 Å². The van der Waals surface area contributed by atoms with Crippen molar-refractivity contribution >= 4 is 30.0 Å². The zero-order valence-corrected chi connectivity index (χ0v) is 26.3. The monoisotopic (exact) mass is 622 g/mol. The van der Waals surface area contributed by atoms with E-state index in [1.54, 1.807) is 41.8 Å². The van der Waals surface area contributed by atoms with E-state index < -0.39 is 0 Å². The van der Waals surface area contributed by atoms with Crippen molar-refractivity contribution in [3.63, 3.8) is 0 Å². The first-order valence-electron chi connectivity index (χ1n) is 14.7. The summed E-state index contributed by atoms with van der Waals surface area (Å²) in [7, 11) is 4.05. The third-order valence-corrected chi connectivity index (χ3v) is 8.24. The summed E-state index contributed by atoms with van der Waals surface area (Å²) >= 11 is 1.67. The van der Waals surface area contributed by atoms with Gasteiger partial charge >= 0.3 is 0 Å². The number of rotatable bonds is 15. The van der Waals surface area contributed by atoms with Crippen molar-refractivity contribution in [2.24, 2.45) is 0 Å². The topological polar surface area (TPSA) is 104 Å². The number of aromatic nitrogens is 3. The first-order valence-corrected chi connectivity index (χ1v) is 15.5. The van der Waals surface area contributed by atoms with Gasteiger partial charge in [-0.3, -0.25) is 19.6 Å². The lowest BCUT2D eigenvalue weighted by Crippen LogP contribution is -2.09. The van der Waals surface area contributed by atoms with Crippen molar-refractivity contribution in [1.29, 1.82) is 0 Å². The molecule has 0 aliphatic carbocycles. The van der Waals surface area contributed by atoms with Crippen LogP contribution >= 0.6 is 11.3 Å². The van der Waals surface area contributed by atoms with E-state index in [9.17, 15) is 9.59 Å². The molecule has 1 aromatic carbocycles. The zero-order valence-electron chi connectivity index (χ0n) is 25.4. The second-order valence-corrected chi connectivity index (χ2v) is 11.5. The van der Waals surface area contributed by atoms with E-state index in [0.29, 0.717) is 48.1 Å². The molecule has 0 atom stereocenters. The molecule has 4 aromatic heterocycles. The fourth-order valence-corrected chi connectivity index (χ4v) is 5.79. The number of hydrogen-bond acceptors (Lipinski definition) is 10. The Morgan fingerprint density at radius 3 is 2.16 bits per heavy atom. The van der Waals surface area contributed by atoms with E-state index in [2.05, 4.69) is 52.1 Å². The third-order valence-electron chi connectivity index (χ3n) is 7.08. The molecule has 0 N–H and O–H groups in total. The van der Waals surface area contributed by atoms with Crippen LogP contribution in [0.5, 0.6) is 17.2 Å². The highest BCUT2D eigenvalue weighted by Gasteiger charge is 2.15. The molecule has 45 heavy (non-hydrogen) atoms. The van der Waals surface area contributed by atoms with Gasteiger partial charge in [0.2, 0.25) is 0 Å². The zero-order chi connectivity index (χ0) is 31.6. The molecule has 0 spiro atoms. The Labute approximate surface area is 266 Å². The summed E-state index contributed by atoms with van der Waals surface area (Å²) in [5, 5.41) is 0. The number of nitrogens with zero attached hydrogens (tertiary/aromatic N) is 4. The van der Waals surface area contributed by atoms with Gasteiger partial charge in [-0.05, 0) is 54.4 Å². The minimum atomic E-state index is 0.280. The summed E-state index contributed by atoms with van der Waals surface area (Å²) < 4.78 is 16.5. The molecule has 10 heteroatoms. The summed E-state index contributed by atoms with van der Waals surface area (Å²) in [5.41, 5.74) is 5.05. The quantitative estimate of drug-likeness (QED) is 0.0858. The highest BCUT2D eigenvalue weighted by Crippen LogP contribution is 2.41. The molecule has 9 nitrogen and oxygen atoms in total. The number of benzene rings is 1. The van der Waals surface area contributed by atoms with Crippen LogP contribution in [0.4, 0.5) is 5.69 Å². The first kappa shape index (κ1) is 31.3.